The second-order valence-electron chi connectivity index (χ2n) is 14.2. The summed E-state index contributed by atoms with van der Waals surface area (Å²) >= 11 is 6.19. The van der Waals surface area contributed by atoms with Gasteiger partial charge in [0.1, 0.15) is 12.4 Å². The van der Waals surface area contributed by atoms with Gasteiger partial charge in [0.25, 0.3) is 5.91 Å². The number of rotatable bonds is 8. The molecule has 0 aliphatic carbocycles. The molecule has 3 aromatic carbocycles. The molecule has 236 valence electrons. The van der Waals surface area contributed by atoms with Crippen molar-refractivity contribution in [3.05, 3.63) is 99.1 Å². The third-order valence-electron chi connectivity index (χ3n) is 8.25. The maximum Gasteiger partial charge on any atom is 0.253 e. The van der Waals surface area contributed by atoms with Crippen LogP contribution in [0.4, 0.5) is 0 Å². The minimum absolute atomic E-state index is 0.00996. The van der Waals surface area contributed by atoms with Gasteiger partial charge < -0.3 is 14.5 Å². The first kappa shape index (κ1) is 33.5. The molecule has 0 radical (unpaired) electrons. The van der Waals surface area contributed by atoms with E-state index in [4.69, 9.17) is 16.3 Å². The first-order chi connectivity index (χ1) is 20.6. The van der Waals surface area contributed by atoms with Crippen LogP contribution >= 0.6 is 11.6 Å². The lowest BCUT2D eigenvalue weighted by Gasteiger charge is -2.35. The van der Waals surface area contributed by atoms with Crippen molar-refractivity contribution in [3.8, 4) is 5.75 Å². The quantitative estimate of drug-likeness (QED) is 0.274. The Labute approximate surface area is 268 Å². The van der Waals surface area contributed by atoms with Gasteiger partial charge in [0.15, 0.2) is 0 Å². The Morgan fingerprint density at radius 2 is 1.41 bits per heavy atom. The van der Waals surface area contributed by atoms with Crippen LogP contribution in [-0.2, 0) is 28.7 Å². The average Bonchev–Trinajstić information content (AvgIpc) is 2.96. The minimum atomic E-state index is -0.262. The van der Waals surface area contributed by atoms with E-state index in [1.165, 1.54) is 5.56 Å². The summed E-state index contributed by atoms with van der Waals surface area (Å²) in [6.45, 7) is 16.4. The first-order valence-electron chi connectivity index (χ1n) is 15.5. The summed E-state index contributed by atoms with van der Waals surface area (Å²) in [7, 11) is 3.54. The molecule has 0 bridgehead atoms. The molecule has 4 rings (SSSR count). The molecular weight excluding hydrogens is 570 g/mol. The molecule has 3 aromatic rings. The number of nitrogens with zero attached hydrogens (tertiary/aromatic N) is 3. The van der Waals surface area contributed by atoms with E-state index in [0.29, 0.717) is 56.3 Å². The molecule has 0 unspecified atom stereocenters. The molecule has 1 heterocycles. The number of hydrogen-bond donors (Lipinski definition) is 0. The van der Waals surface area contributed by atoms with Gasteiger partial charge in [-0.2, -0.15) is 0 Å². The van der Waals surface area contributed by atoms with Crippen LogP contribution in [0.2, 0.25) is 5.02 Å². The molecule has 1 aliphatic heterocycles. The van der Waals surface area contributed by atoms with Crippen LogP contribution in [0.1, 0.15) is 79.7 Å². The fraction of sp³-hybridized carbons (Fsp3) is 0.459. The monoisotopic (exact) mass is 617 g/mol. The zero-order valence-electron chi connectivity index (χ0n) is 27.7. The fourth-order valence-electron chi connectivity index (χ4n) is 5.37. The van der Waals surface area contributed by atoms with E-state index in [1.54, 1.807) is 19.0 Å². The summed E-state index contributed by atoms with van der Waals surface area (Å²) in [5.41, 5.74) is 5.95. The first-order valence-corrected chi connectivity index (χ1v) is 15.9. The second kappa shape index (κ2) is 13.7. The lowest BCUT2D eigenvalue weighted by Crippen LogP contribution is -2.51. The number of carbonyl (C=O) groups is 2. The molecule has 0 aromatic heterocycles. The van der Waals surface area contributed by atoms with Gasteiger partial charge in [-0.1, -0.05) is 89.5 Å². The van der Waals surface area contributed by atoms with Gasteiger partial charge in [-0.25, -0.2) is 0 Å². The highest BCUT2D eigenvalue weighted by Crippen LogP contribution is 2.38. The predicted molar refractivity (Wildman–Crippen MR) is 180 cm³/mol. The van der Waals surface area contributed by atoms with Crippen LogP contribution in [0.25, 0.3) is 0 Å². The third-order valence-corrected chi connectivity index (χ3v) is 8.50. The standard InChI is InChI=1S/C37H48ClN3O3/c1-36(2,3)30-13-9-27(10-14-30)25-44-34-28(21-26-11-15-31(38)16-12-26)22-29(23-32(34)37(4,5)6)35(43)41-19-17-40(18-20-41)24-33(42)39(7)8/h9-16,22-23H,17-21,24-25H2,1-8H3. The summed E-state index contributed by atoms with van der Waals surface area (Å²) in [6.07, 6.45) is 0.611. The van der Waals surface area contributed by atoms with Gasteiger partial charge in [-0.05, 0) is 57.3 Å². The third kappa shape index (κ3) is 8.64. The molecule has 44 heavy (non-hydrogen) atoms. The van der Waals surface area contributed by atoms with E-state index in [0.717, 1.165) is 28.0 Å². The largest absolute Gasteiger partial charge is 0.488 e. The minimum Gasteiger partial charge on any atom is -0.488 e. The number of likely N-dealkylation sites (N-methyl/N-ethyl adjacent to an activating group) is 1. The van der Waals surface area contributed by atoms with E-state index >= 15 is 0 Å². The van der Waals surface area contributed by atoms with E-state index in [-0.39, 0.29) is 22.6 Å². The number of halogens is 1. The molecular formula is C37H48ClN3O3. The van der Waals surface area contributed by atoms with Crippen molar-refractivity contribution in [2.24, 2.45) is 0 Å². The summed E-state index contributed by atoms with van der Waals surface area (Å²) in [6, 6.07) is 20.5. The maximum absolute atomic E-state index is 13.9. The molecule has 0 saturated carbocycles. The van der Waals surface area contributed by atoms with Gasteiger partial charge in [0.05, 0.1) is 6.54 Å². The molecule has 0 N–H and O–H groups in total. The van der Waals surface area contributed by atoms with E-state index in [9.17, 15) is 9.59 Å². The second-order valence-corrected chi connectivity index (χ2v) is 14.6. The van der Waals surface area contributed by atoms with Crippen LogP contribution in [0.5, 0.6) is 5.75 Å². The predicted octanol–water partition coefficient (Wildman–Crippen LogP) is 6.95. The van der Waals surface area contributed by atoms with E-state index in [2.05, 4.69) is 70.7 Å². The van der Waals surface area contributed by atoms with Gasteiger partial charge in [-0.3, -0.25) is 14.5 Å². The molecule has 1 fully saturated rings. The normalized spacial score (nSPS) is 14.4. The Morgan fingerprint density at radius 1 is 0.818 bits per heavy atom. The maximum atomic E-state index is 13.9. The van der Waals surface area contributed by atoms with Crippen LogP contribution < -0.4 is 4.74 Å². The molecule has 1 aliphatic rings. The van der Waals surface area contributed by atoms with Crippen LogP contribution in [0.15, 0.2) is 60.7 Å². The van der Waals surface area contributed by atoms with E-state index < -0.39 is 0 Å². The van der Waals surface area contributed by atoms with Crippen molar-refractivity contribution in [2.45, 2.75) is 65.4 Å². The van der Waals surface area contributed by atoms with Crippen molar-refractivity contribution < 1.29 is 14.3 Å². The van der Waals surface area contributed by atoms with Crippen molar-refractivity contribution in [2.75, 3.05) is 46.8 Å². The zero-order chi connectivity index (χ0) is 32.2. The Balaban J connectivity index is 1.65. The number of ether oxygens (including phenoxy) is 1. The van der Waals surface area contributed by atoms with Crippen LogP contribution in [0, 0.1) is 0 Å². The highest BCUT2D eigenvalue weighted by molar-refractivity contribution is 6.30. The number of benzene rings is 3. The number of amides is 2. The SMILES string of the molecule is CN(C)C(=O)CN1CCN(C(=O)c2cc(Cc3ccc(Cl)cc3)c(OCc3ccc(C(C)(C)C)cc3)c(C(C)(C)C)c2)CC1. The lowest BCUT2D eigenvalue weighted by molar-refractivity contribution is -0.130. The highest BCUT2D eigenvalue weighted by Gasteiger charge is 2.28. The molecule has 2 amide bonds. The summed E-state index contributed by atoms with van der Waals surface area (Å²) in [4.78, 5) is 31.8. The van der Waals surface area contributed by atoms with Gasteiger partial charge in [-0.15, -0.1) is 0 Å². The lowest BCUT2D eigenvalue weighted by atomic mass is 9.83. The molecule has 6 nitrogen and oxygen atoms in total. The van der Waals surface area contributed by atoms with Crippen molar-refractivity contribution in [3.63, 3.8) is 0 Å². The van der Waals surface area contributed by atoms with Crippen molar-refractivity contribution >= 4 is 23.4 Å². The fourth-order valence-corrected chi connectivity index (χ4v) is 5.50. The Morgan fingerprint density at radius 3 is 1.95 bits per heavy atom. The number of piperazine rings is 1. The molecule has 0 spiro atoms. The molecule has 1 saturated heterocycles. The highest BCUT2D eigenvalue weighted by atomic mass is 35.5. The van der Waals surface area contributed by atoms with Crippen LogP contribution in [-0.4, -0.2) is 73.3 Å². The van der Waals surface area contributed by atoms with Crippen LogP contribution in [0.3, 0.4) is 0 Å². The smallest absolute Gasteiger partial charge is 0.253 e. The number of carbonyl (C=O) groups excluding carboxylic acids is 2. The van der Waals surface area contributed by atoms with Gasteiger partial charge in [0.2, 0.25) is 5.91 Å². The van der Waals surface area contributed by atoms with Crippen molar-refractivity contribution in [1.29, 1.82) is 0 Å². The Hall–Kier alpha value is -3.35. The topological polar surface area (TPSA) is 53.1 Å². The van der Waals surface area contributed by atoms with Crippen molar-refractivity contribution in [1.82, 2.24) is 14.7 Å². The molecule has 7 heteroatoms. The van der Waals surface area contributed by atoms with E-state index in [1.807, 2.05) is 41.3 Å². The average molecular weight is 618 g/mol. The molecule has 0 atom stereocenters. The summed E-state index contributed by atoms with van der Waals surface area (Å²) in [5, 5.41) is 0.690. The Kier molecular flexibility index (Phi) is 10.5. The Bertz CT molecular complexity index is 1440. The zero-order valence-corrected chi connectivity index (χ0v) is 28.4. The van der Waals surface area contributed by atoms with Gasteiger partial charge in [0, 0.05) is 62.8 Å². The summed E-state index contributed by atoms with van der Waals surface area (Å²) < 4.78 is 6.66. The van der Waals surface area contributed by atoms with Gasteiger partial charge >= 0.3 is 0 Å². The summed E-state index contributed by atoms with van der Waals surface area (Å²) in [5.74, 6) is 0.916. The number of hydrogen-bond acceptors (Lipinski definition) is 4.